The molecule has 2 aromatic carbocycles. The van der Waals surface area contributed by atoms with Crippen LogP contribution < -0.4 is 5.32 Å². The van der Waals surface area contributed by atoms with Gasteiger partial charge in [0.1, 0.15) is 26.9 Å². The third kappa shape index (κ3) is 6.82. The second-order valence-corrected chi connectivity index (χ2v) is 17.6. The first-order valence-corrected chi connectivity index (χ1v) is 16.8. The quantitative estimate of drug-likeness (QED) is 0.209. The fraction of sp³-hybridized carbons (Fsp3) is 0.429. The minimum atomic E-state index is -4.79. The van der Waals surface area contributed by atoms with Crippen molar-refractivity contribution < 1.29 is 37.0 Å². The monoisotopic (exact) mass is 643 g/mol. The van der Waals surface area contributed by atoms with Crippen LogP contribution in [-0.2, 0) is 20.4 Å². The van der Waals surface area contributed by atoms with Gasteiger partial charge in [-0.2, -0.15) is 13.2 Å². The third-order valence-electron chi connectivity index (χ3n) is 7.68. The van der Waals surface area contributed by atoms with Crippen LogP contribution in [0, 0.1) is 0 Å². The Kier molecular flexibility index (Phi) is 9.13. The molecule has 3 aromatic rings. The Morgan fingerprint density at radius 2 is 1.50 bits per heavy atom. The molecule has 1 aromatic heterocycles. The largest absolute Gasteiger partial charge is 0.459 e. The molecular formula is C28H30Cl2F3N3O5Si. The van der Waals surface area contributed by atoms with Crippen LogP contribution in [0.25, 0.3) is 0 Å². The topological polar surface area (TPSA) is 92.5 Å². The molecule has 3 atom stereocenters. The molecule has 1 saturated heterocycles. The van der Waals surface area contributed by atoms with Crippen LogP contribution in [0.5, 0.6) is 0 Å². The molecule has 1 fully saturated rings. The maximum absolute atomic E-state index is 14.5. The maximum Gasteiger partial charge on any atom is 0.434 e. The zero-order valence-electron chi connectivity index (χ0n) is 23.5. The molecule has 0 N–H and O–H groups in total. The van der Waals surface area contributed by atoms with Gasteiger partial charge in [-0.1, -0.05) is 62.3 Å². The SMILES string of the molecule is CC(C)(C)[Si](C)(C)c1nnn([C@@H]2C[C@H](OC(=O)c3ccc(Cl)cc3)[C@@H](COC(=O)c3ccc(Cl)cc3)O2)c1C(F)(F)F. The predicted octanol–water partition coefficient (Wildman–Crippen LogP) is 6.69. The van der Waals surface area contributed by atoms with E-state index in [0.29, 0.717) is 14.7 Å². The van der Waals surface area contributed by atoms with Crippen LogP contribution in [-0.4, -0.2) is 53.8 Å². The summed E-state index contributed by atoms with van der Waals surface area (Å²) in [6, 6.07) is 11.9. The van der Waals surface area contributed by atoms with Gasteiger partial charge in [0.2, 0.25) is 0 Å². The Hall–Kier alpha value is -2.93. The van der Waals surface area contributed by atoms with Gasteiger partial charge in [-0.3, -0.25) is 0 Å². The van der Waals surface area contributed by atoms with Crippen molar-refractivity contribution in [2.45, 2.75) is 69.9 Å². The van der Waals surface area contributed by atoms with E-state index < -0.39 is 62.0 Å². The van der Waals surface area contributed by atoms with Crippen LogP contribution in [0.1, 0.15) is 59.8 Å². The molecule has 0 unspecified atom stereocenters. The summed E-state index contributed by atoms with van der Waals surface area (Å²) in [6.07, 6.45) is -8.44. The number of carbonyl (C=O) groups excluding carboxylic acids is 2. The van der Waals surface area contributed by atoms with Gasteiger partial charge >= 0.3 is 18.1 Å². The lowest BCUT2D eigenvalue weighted by atomic mass is 10.1. The molecule has 0 spiro atoms. The number of aromatic nitrogens is 3. The maximum atomic E-state index is 14.5. The molecule has 226 valence electrons. The Morgan fingerprint density at radius 3 is 2.00 bits per heavy atom. The number of rotatable bonds is 7. The first-order valence-electron chi connectivity index (χ1n) is 13.1. The van der Waals surface area contributed by atoms with E-state index >= 15 is 0 Å². The van der Waals surface area contributed by atoms with Gasteiger partial charge < -0.3 is 14.2 Å². The number of alkyl halides is 3. The van der Waals surface area contributed by atoms with E-state index in [0.717, 1.165) is 0 Å². The van der Waals surface area contributed by atoms with Crippen molar-refractivity contribution in [1.82, 2.24) is 15.0 Å². The first kappa shape index (κ1) is 32.0. The highest BCUT2D eigenvalue weighted by atomic mass is 35.5. The van der Waals surface area contributed by atoms with Gasteiger partial charge in [-0.05, 0) is 53.6 Å². The highest BCUT2D eigenvalue weighted by Gasteiger charge is 2.51. The van der Waals surface area contributed by atoms with Crippen molar-refractivity contribution in [3.63, 3.8) is 0 Å². The highest BCUT2D eigenvalue weighted by Crippen LogP contribution is 2.41. The van der Waals surface area contributed by atoms with Crippen molar-refractivity contribution in [3.8, 4) is 0 Å². The molecular weight excluding hydrogens is 614 g/mol. The number of hydrogen-bond donors (Lipinski definition) is 0. The van der Waals surface area contributed by atoms with Crippen LogP contribution in [0.4, 0.5) is 13.2 Å². The minimum absolute atomic E-state index is 0.0987. The molecule has 0 amide bonds. The van der Waals surface area contributed by atoms with Gasteiger partial charge in [-0.15, -0.1) is 5.10 Å². The fourth-order valence-corrected chi connectivity index (χ4v) is 6.38. The number of benzene rings is 2. The van der Waals surface area contributed by atoms with Crippen LogP contribution in [0.15, 0.2) is 48.5 Å². The number of halogens is 5. The molecule has 42 heavy (non-hydrogen) atoms. The average Bonchev–Trinajstić information content (AvgIpc) is 3.52. The summed E-state index contributed by atoms with van der Waals surface area (Å²) in [7, 11) is -2.79. The van der Waals surface area contributed by atoms with E-state index in [1.165, 1.54) is 48.5 Å². The van der Waals surface area contributed by atoms with Crippen LogP contribution in [0.3, 0.4) is 0 Å². The predicted molar refractivity (Wildman–Crippen MR) is 153 cm³/mol. The Balaban J connectivity index is 1.64. The zero-order valence-corrected chi connectivity index (χ0v) is 26.0. The summed E-state index contributed by atoms with van der Waals surface area (Å²) in [4.78, 5) is 25.5. The lowest BCUT2D eigenvalue weighted by Gasteiger charge is -2.35. The summed E-state index contributed by atoms with van der Waals surface area (Å²) >= 11 is 11.8. The fourth-order valence-electron chi connectivity index (χ4n) is 4.28. The second kappa shape index (κ2) is 12.0. The number of carbonyl (C=O) groups is 2. The second-order valence-electron chi connectivity index (χ2n) is 11.5. The van der Waals surface area contributed by atoms with E-state index in [9.17, 15) is 22.8 Å². The van der Waals surface area contributed by atoms with Crippen molar-refractivity contribution in [1.29, 1.82) is 0 Å². The minimum Gasteiger partial charge on any atom is -0.459 e. The Bertz CT molecular complexity index is 1440. The first-order chi connectivity index (χ1) is 19.5. The molecule has 1 aliphatic heterocycles. The van der Waals surface area contributed by atoms with E-state index in [4.69, 9.17) is 37.4 Å². The van der Waals surface area contributed by atoms with E-state index in [1.54, 1.807) is 0 Å². The number of esters is 2. The van der Waals surface area contributed by atoms with Gasteiger partial charge in [0.05, 0.1) is 16.4 Å². The molecule has 1 aliphatic rings. The molecule has 0 radical (unpaired) electrons. The van der Waals surface area contributed by atoms with Crippen molar-refractivity contribution in [2.24, 2.45) is 0 Å². The van der Waals surface area contributed by atoms with E-state index in [2.05, 4.69) is 10.3 Å². The summed E-state index contributed by atoms with van der Waals surface area (Å²) in [6.45, 7) is 8.84. The van der Waals surface area contributed by atoms with Gasteiger partial charge in [0.15, 0.2) is 11.9 Å². The Labute approximate surface area is 252 Å². The molecule has 8 nitrogen and oxygen atoms in total. The molecule has 2 heterocycles. The van der Waals surface area contributed by atoms with Crippen molar-refractivity contribution >= 4 is 48.5 Å². The van der Waals surface area contributed by atoms with E-state index in [-0.39, 0.29) is 22.9 Å². The zero-order chi connectivity index (χ0) is 31.0. The molecule has 14 heteroatoms. The summed E-state index contributed by atoms with van der Waals surface area (Å²) in [5.41, 5.74) is -0.615. The van der Waals surface area contributed by atoms with Crippen LogP contribution in [0.2, 0.25) is 28.2 Å². The van der Waals surface area contributed by atoms with Crippen molar-refractivity contribution in [2.75, 3.05) is 6.61 Å². The molecule has 4 rings (SSSR count). The van der Waals surface area contributed by atoms with Crippen LogP contribution >= 0.6 is 23.2 Å². The number of nitrogens with zero attached hydrogens (tertiary/aromatic N) is 3. The third-order valence-corrected chi connectivity index (χ3v) is 13.5. The molecule has 0 bridgehead atoms. The van der Waals surface area contributed by atoms with Crippen molar-refractivity contribution in [3.05, 3.63) is 75.4 Å². The van der Waals surface area contributed by atoms with Gasteiger partial charge in [-0.25, -0.2) is 14.3 Å². The lowest BCUT2D eigenvalue weighted by Crippen LogP contribution is -2.53. The average molecular weight is 645 g/mol. The molecule has 0 aliphatic carbocycles. The van der Waals surface area contributed by atoms with E-state index in [1.807, 2.05) is 33.9 Å². The summed E-state index contributed by atoms with van der Waals surface area (Å²) in [5, 5.41) is 8.18. The smallest absolute Gasteiger partial charge is 0.434 e. The Morgan fingerprint density at radius 1 is 0.976 bits per heavy atom. The highest BCUT2D eigenvalue weighted by molar-refractivity contribution is 6.91. The normalized spacial score (nSPS) is 19.5. The van der Waals surface area contributed by atoms with Gasteiger partial charge in [0, 0.05) is 16.5 Å². The summed E-state index contributed by atoms with van der Waals surface area (Å²) < 4.78 is 61.3. The van der Waals surface area contributed by atoms with Gasteiger partial charge in [0.25, 0.3) is 0 Å². The molecule has 0 saturated carbocycles. The number of ether oxygens (including phenoxy) is 3. The standard InChI is InChI=1S/C28H30Cl2F3N3O5Si/c1-27(2,3)42(4,5)24-23(28(31,32)33)36(35-34-24)22-14-20(41-26(38)17-8-12-19(30)13-9-17)21(40-22)15-39-25(37)16-6-10-18(29)11-7-16/h6-13,20-22H,14-15H2,1-5H3/t20-,21+,22-/m0/s1. The summed E-state index contributed by atoms with van der Waals surface area (Å²) in [5.74, 6) is -1.45. The lowest BCUT2D eigenvalue weighted by molar-refractivity contribution is -0.149. The number of hydrogen-bond acceptors (Lipinski definition) is 7.